The summed E-state index contributed by atoms with van der Waals surface area (Å²) in [4.78, 5) is 26.3. The van der Waals surface area contributed by atoms with Gasteiger partial charge in [-0.15, -0.1) is 0 Å². The van der Waals surface area contributed by atoms with Crippen molar-refractivity contribution in [1.29, 1.82) is 0 Å². The van der Waals surface area contributed by atoms with Crippen molar-refractivity contribution >= 4 is 11.8 Å². The molecule has 0 unspecified atom stereocenters. The summed E-state index contributed by atoms with van der Waals surface area (Å²) in [5.41, 5.74) is -4.21. The highest BCUT2D eigenvalue weighted by atomic mass is 16.6. The topological polar surface area (TPSA) is 109 Å². The van der Waals surface area contributed by atoms with Gasteiger partial charge in [0.25, 0.3) is 0 Å². The molecule has 8 rings (SSSR count). The lowest BCUT2D eigenvalue weighted by Gasteiger charge is -2.59. The predicted molar refractivity (Wildman–Crippen MR) is 122 cm³/mol. The quantitative estimate of drug-likeness (QED) is 0.433. The molecule has 3 heterocycles. The number of hydrogen-bond donors (Lipinski definition) is 2. The first-order chi connectivity index (χ1) is 16.3. The lowest BCUT2D eigenvalue weighted by Crippen LogP contribution is -2.64. The van der Waals surface area contributed by atoms with Gasteiger partial charge in [-0.1, -0.05) is 13.8 Å². The second-order valence-electron chi connectivity index (χ2n) is 14.5. The number of carbonyl (C=O) groups is 2. The summed E-state index contributed by atoms with van der Waals surface area (Å²) in [6.07, 6.45) is 5.99. The molecule has 3 saturated heterocycles. The molecule has 2 bridgehead atoms. The van der Waals surface area contributed by atoms with Crippen molar-refractivity contribution in [1.82, 2.24) is 0 Å². The fraction of sp³-hybridized carbons (Fsp3) is 0.929. The van der Waals surface area contributed by atoms with Gasteiger partial charge < -0.3 is 24.4 Å². The molecular formula is C28H38O7. The van der Waals surface area contributed by atoms with Crippen molar-refractivity contribution in [3.63, 3.8) is 0 Å². The van der Waals surface area contributed by atoms with Gasteiger partial charge in [0.2, 0.25) is 0 Å². The number of Topliss-reactive ketones (excluding diaryl/α,β-unsaturated/α-hetero) is 1. The Kier molecular flexibility index (Phi) is 3.67. The fourth-order valence-electron chi connectivity index (χ4n) is 11.2. The molecule has 0 aromatic heterocycles. The van der Waals surface area contributed by atoms with Gasteiger partial charge in [-0.2, -0.15) is 0 Å². The van der Waals surface area contributed by atoms with Crippen molar-refractivity contribution in [3.8, 4) is 0 Å². The van der Waals surface area contributed by atoms with Crippen LogP contribution in [0.2, 0.25) is 0 Å². The average molecular weight is 487 g/mol. The number of carbonyl (C=O) groups excluding carboxylic acids is 2. The molecule has 14 atom stereocenters. The Morgan fingerprint density at radius 3 is 2.40 bits per heavy atom. The summed E-state index contributed by atoms with van der Waals surface area (Å²) in [6.45, 7) is 7.97. The second kappa shape index (κ2) is 5.84. The van der Waals surface area contributed by atoms with E-state index in [0.717, 1.165) is 32.1 Å². The van der Waals surface area contributed by atoms with E-state index in [-0.39, 0.29) is 53.1 Å². The first-order valence-corrected chi connectivity index (χ1v) is 13.9. The third-order valence-electron chi connectivity index (χ3n) is 13.6. The Morgan fingerprint density at radius 1 is 0.886 bits per heavy atom. The van der Waals surface area contributed by atoms with Crippen LogP contribution in [-0.4, -0.2) is 63.2 Å². The maximum Gasteiger partial charge on any atom is 0.338 e. The zero-order valence-corrected chi connectivity index (χ0v) is 21.2. The van der Waals surface area contributed by atoms with E-state index in [0.29, 0.717) is 31.1 Å². The molecule has 0 amide bonds. The van der Waals surface area contributed by atoms with E-state index in [4.69, 9.17) is 14.2 Å². The summed E-state index contributed by atoms with van der Waals surface area (Å²) in [6, 6.07) is 0. The summed E-state index contributed by atoms with van der Waals surface area (Å²) >= 11 is 0. The van der Waals surface area contributed by atoms with Gasteiger partial charge in [0.15, 0.2) is 11.4 Å². The molecule has 5 saturated carbocycles. The van der Waals surface area contributed by atoms with Gasteiger partial charge in [0, 0.05) is 17.8 Å². The highest BCUT2D eigenvalue weighted by Crippen LogP contribution is 2.76. The van der Waals surface area contributed by atoms with Crippen LogP contribution >= 0.6 is 0 Å². The number of aliphatic hydroxyl groups is 2. The molecule has 2 N–H and O–H groups in total. The van der Waals surface area contributed by atoms with E-state index in [1.807, 2.05) is 6.92 Å². The third kappa shape index (κ3) is 2.13. The molecule has 192 valence electrons. The lowest BCUT2D eigenvalue weighted by molar-refractivity contribution is -0.201. The average Bonchev–Trinajstić information content (AvgIpc) is 3.66. The number of esters is 1. The molecule has 0 aromatic rings. The molecule has 3 aliphatic heterocycles. The molecule has 35 heavy (non-hydrogen) atoms. The SMILES string of the molecule is C[C@]12C[C@@H](OC(=O)[C@]1(C)O)[C@@H]([C@]1(O)CC[C@H]3[C@@H]4C[C@H]5O[C@]56C[C@H]5O[C@H]5C(=O)[C@]6(C)[C@H]4CC[C@@]31C)C2. The largest absolute Gasteiger partial charge is 0.460 e. The number of rotatable bonds is 1. The third-order valence-corrected chi connectivity index (χ3v) is 13.6. The van der Waals surface area contributed by atoms with Gasteiger partial charge in [-0.05, 0) is 82.0 Å². The number of hydrogen-bond acceptors (Lipinski definition) is 7. The van der Waals surface area contributed by atoms with Crippen LogP contribution in [-0.2, 0) is 23.8 Å². The van der Waals surface area contributed by atoms with Gasteiger partial charge in [0.1, 0.15) is 17.8 Å². The summed E-state index contributed by atoms with van der Waals surface area (Å²) in [5, 5.41) is 23.5. The van der Waals surface area contributed by atoms with E-state index in [9.17, 15) is 19.8 Å². The standard InChI is InChI=1S/C28H38O7/c1-23-10-16(17(11-23)34-22(30)26(23,4)31)27(32)8-6-14-13-9-19-28(35-19)12-18-20(33-18)21(29)25(28,3)15(13)5-7-24(14,27)2/h13-20,31-32H,5-12H2,1-4H3/t13-,14-,15-,16-,17+,18+,19+,20+,23-,24-,25-,26-,27+,28+/m0/s1. The van der Waals surface area contributed by atoms with E-state index >= 15 is 0 Å². The van der Waals surface area contributed by atoms with Gasteiger partial charge in [-0.3, -0.25) is 4.79 Å². The molecule has 8 fully saturated rings. The van der Waals surface area contributed by atoms with Crippen LogP contribution < -0.4 is 0 Å². The van der Waals surface area contributed by atoms with E-state index in [2.05, 4.69) is 13.8 Å². The maximum absolute atomic E-state index is 13.6. The van der Waals surface area contributed by atoms with Crippen molar-refractivity contribution in [2.75, 3.05) is 0 Å². The van der Waals surface area contributed by atoms with Crippen molar-refractivity contribution in [2.24, 2.45) is 39.9 Å². The van der Waals surface area contributed by atoms with Crippen LogP contribution in [0.5, 0.6) is 0 Å². The monoisotopic (exact) mass is 486 g/mol. The minimum atomic E-state index is -1.53. The molecule has 1 spiro atoms. The Hall–Kier alpha value is -1.02. The van der Waals surface area contributed by atoms with Crippen LogP contribution in [0, 0.1) is 39.9 Å². The molecular weight excluding hydrogens is 448 g/mol. The molecule has 7 heteroatoms. The summed E-state index contributed by atoms with van der Waals surface area (Å²) in [5.74, 6) is 0.441. The number of epoxide rings is 2. The minimum absolute atomic E-state index is 0.0607. The molecule has 7 nitrogen and oxygen atoms in total. The Morgan fingerprint density at radius 2 is 1.63 bits per heavy atom. The zero-order chi connectivity index (χ0) is 24.6. The van der Waals surface area contributed by atoms with E-state index < -0.39 is 28.0 Å². The first kappa shape index (κ1) is 22.0. The Bertz CT molecular complexity index is 1070. The normalized spacial score (nSPS) is 67.6. The zero-order valence-electron chi connectivity index (χ0n) is 21.2. The second-order valence-corrected chi connectivity index (χ2v) is 14.5. The number of ketones is 1. The van der Waals surface area contributed by atoms with Crippen molar-refractivity contribution in [3.05, 3.63) is 0 Å². The molecule has 5 aliphatic carbocycles. The summed E-state index contributed by atoms with van der Waals surface area (Å²) < 4.78 is 18.0. The maximum atomic E-state index is 13.6. The van der Waals surface area contributed by atoms with Crippen LogP contribution in [0.3, 0.4) is 0 Å². The number of fused-ring (bicyclic) bond motifs is 7. The van der Waals surface area contributed by atoms with Crippen LogP contribution in [0.1, 0.15) is 79.1 Å². The molecule has 8 aliphatic rings. The van der Waals surface area contributed by atoms with Gasteiger partial charge >= 0.3 is 5.97 Å². The van der Waals surface area contributed by atoms with Crippen molar-refractivity contribution < 1.29 is 34.0 Å². The Labute approximate surface area is 206 Å². The van der Waals surface area contributed by atoms with E-state index in [1.165, 1.54) is 0 Å². The minimum Gasteiger partial charge on any atom is -0.460 e. The fourth-order valence-corrected chi connectivity index (χ4v) is 11.2. The smallest absolute Gasteiger partial charge is 0.338 e. The lowest BCUT2D eigenvalue weighted by atomic mass is 9.43. The van der Waals surface area contributed by atoms with E-state index in [1.54, 1.807) is 6.92 Å². The molecule has 0 aromatic carbocycles. The van der Waals surface area contributed by atoms with Crippen LogP contribution in [0.4, 0.5) is 0 Å². The number of ether oxygens (including phenoxy) is 3. The van der Waals surface area contributed by atoms with Gasteiger partial charge in [0.05, 0.1) is 23.2 Å². The Balaban J connectivity index is 1.14. The van der Waals surface area contributed by atoms with Crippen LogP contribution in [0.25, 0.3) is 0 Å². The first-order valence-electron chi connectivity index (χ1n) is 13.9. The molecule has 0 radical (unpaired) electrons. The highest BCUT2D eigenvalue weighted by Gasteiger charge is 2.83. The summed E-state index contributed by atoms with van der Waals surface area (Å²) in [7, 11) is 0. The van der Waals surface area contributed by atoms with Gasteiger partial charge in [-0.25, -0.2) is 4.79 Å². The predicted octanol–water partition coefficient (Wildman–Crippen LogP) is 2.54. The van der Waals surface area contributed by atoms with Crippen LogP contribution in [0.15, 0.2) is 0 Å². The highest BCUT2D eigenvalue weighted by molar-refractivity contribution is 5.94. The van der Waals surface area contributed by atoms with Crippen molar-refractivity contribution in [2.45, 2.75) is 120 Å².